The van der Waals surface area contributed by atoms with Crippen molar-refractivity contribution in [3.05, 3.63) is 78.4 Å². The van der Waals surface area contributed by atoms with E-state index in [9.17, 15) is 0 Å². The molecule has 0 spiro atoms. The molecule has 0 aromatic heterocycles. The third-order valence-electron chi connectivity index (χ3n) is 4.40. The molecule has 4 aromatic rings. The van der Waals surface area contributed by atoms with Gasteiger partial charge in [-0.2, -0.15) is 0 Å². The summed E-state index contributed by atoms with van der Waals surface area (Å²) in [5, 5.41) is 5.14. The highest BCUT2D eigenvalue weighted by Gasteiger charge is 2.10. The number of methoxy groups -OCH3 is 1. The van der Waals surface area contributed by atoms with Crippen molar-refractivity contribution in [1.29, 1.82) is 0 Å². The van der Waals surface area contributed by atoms with Crippen molar-refractivity contribution in [2.75, 3.05) is 7.11 Å². The molecule has 0 atom stereocenters. The van der Waals surface area contributed by atoms with Gasteiger partial charge in [-0.05, 0) is 57.8 Å². The van der Waals surface area contributed by atoms with Gasteiger partial charge in [0.2, 0.25) is 0 Å². The quantitative estimate of drug-likeness (QED) is 0.414. The van der Waals surface area contributed by atoms with E-state index in [1.807, 2.05) is 12.1 Å². The molecule has 0 amide bonds. The summed E-state index contributed by atoms with van der Waals surface area (Å²) >= 11 is 0. The van der Waals surface area contributed by atoms with Crippen molar-refractivity contribution < 1.29 is 4.74 Å². The second-order valence-corrected chi connectivity index (χ2v) is 5.93. The number of benzene rings is 4. The number of ether oxygens (including phenoxy) is 1. The maximum absolute atomic E-state index is 5.30. The van der Waals surface area contributed by atoms with Crippen LogP contribution in [0.3, 0.4) is 0 Å². The van der Waals surface area contributed by atoms with Gasteiger partial charge in [-0.15, -0.1) is 0 Å². The first kappa shape index (κ1) is 13.8. The van der Waals surface area contributed by atoms with Crippen LogP contribution in [0, 0.1) is 6.92 Å². The molecule has 4 rings (SSSR count). The molecule has 0 aliphatic rings. The van der Waals surface area contributed by atoms with Gasteiger partial charge < -0.3 is 4.74 Å². The van der Waals surface area contributed by atoms with E-state index in [-0.39, 0.29) is 0 Å². The van der Waals surface area contributed by atoms with Crippen LogP contribution in [0.4, 0.5) is 0 Å². The van der Waals surface area contributed by atoms with Crippen LogP contribution in [-0.2, 0) is 0 Å². The largest absolute Gasteiger partial charge is 0.497 e. The molecule has 0 fully saturated rings. The van der Waals surface area contributed by atoms with E-state index in [2.05, 4.69) is 67.6 Å². The van der Waals surface area contributed by atoms with Gasteiger partial charge in [0.25, 0.3) is 0 Å². The predicted molar refractivity (Wildman–Crippen MR) is 98.2 cm³/mol. The number of hydrogen-bond donors (Lipinski definition) is 0. The first-order valence-corrected chi connectivity index (χ1v) is 7.83. The van der Waals surface area contributed by atoms with Crippen molar-refractivity contribution >= 4 is 21.5 Å². The molecule has 23 heavy (non-hydrogen) atoms. The third kappa shape index (κ3) is 2.35. The summed E-state index contributed by atoms with van der Waals surface area (Å²) in [5.74, 6) is 0.884. The van der Waals surface area contributed by atoms with Crippen LogP contribution >= 0.6 is 0 Å². The summed E-state index contributed by atoms with van der Waals surface area (Å²) in [6.45, 7) is 2.15. The highest BCUT2D eigenvalue weighted by Crippen LogP contribution is 2.37. The molecular weight excluding hydrogens is 280 g/mol. The average molecular weight is 298 g/mol. The van der Waals surface area contributed by atoms with Gasteiger partial charge in [0.05, 0.1) is 7.11 Å². The Kier molecular flexibility index (Phi) is 3.27. The minimum Gasteiger partial charge on any atom is -0.497 e. The third-order valence-corrected chi connectivity index (χ3v) is 4.40. The lowest BCUT2D eigenvalue weighted by atomic mass is 9.91. The highest BCUT2D eigenvalue weighted by molar-refractivity contribution is 6.12. The second-order valence-electron chi connectivity index (χ2n) is 5.93. The van der Waals surface area contributed by atoms with Gasteiger partial charge in [0.1, 0.15) is 5.75 Å². The SMILES string of the molecule is COc1ccc(-c2c3ccccc3cc3ccc(C)cc23)cc1. The van der Waals surface area contributed by atoms with Gasteiger partial charge in [-0.3, -0.25) is 0 Å². The lowest BCUT2D eigenvalue weighted by Gasteiger charge is -2.13. The van der Waals surface area contributed by atoms with E-state index in [0.29, 0.717) is 0 Å². The summed E-state index contributed by atoms with van der Waals surface area (Å²) in [6.07, 6.45) is 0. The van der Waals surface area contributed by atoms with Crippen molar-refractivity contribution in [2.45, 2.75) is 6.92 Å². The fraction of sp³-hybridized carbons (Fsp3) is 0.0909. The molecule has 0 saturated heterocycles. The number of hydrogen-bond acceptors (Lipinski definition) is 1. The maximum Gasteiger partial charge on any atom is 0.118 e. The Hall–Kier alpha value is -2.80. The molecule has 1 heteroatoms. The summed E-state index contributed by atoms with van der Waals surface area (Å²) in [7, 11) is 1.70. The molecular formula is C22H18O. The van der Waals surface area contributed by atoms with E-state index in [1.165, 1.54) is 38.2 Å². The molecule has 0 N–H and O–H groups in total. The monoisotopic (exact) mass is 298 g/mol. The molecule has 0 bridgehead atoms. The number of rotatable bonds is 2. The van der Waals surface area contributed by atoms with Crippen LogP contribution in [0.5, 0.6) is 5.75 Å². The van der Waals surface area contributed by atoms with Crippen LogP contribution in [0.1, 0.15) is 5.56 Å². The van der Waals surface area contributed by atoms with E-state index >= 15 is 0 Å². The summed E-state index contributed by atoms with van der Waals surface area (Å²) in [4.78, 5) is 0. The zero-order chi connectivity index (χ0) is 15.8. The van der Waals surface area contributed by atoms with Gasteiger partial charge >= 0.3 is 0 Å². The normalized spacial score (nSPS) is 11.0. The van der Waals surface area contributed by atoms with E-state index in [4.69, 9.17) is 4.74 Å². The van der Waals surface area contributed by atoms with Crippen molar-refractivity contribution in [3.63, 3.8) is 0 Å². The molecule has 0 unspecified atom stereocenters. The average Bonchev–Trinajstić information content (AvgIpc) is 2.60. The lowest BCUT2D eigenvalue weighted by Crippen LogP contribution is -1.87. The van der Waals surface area contributed by atoms with Crippen molar-refractivity contribution in [3.8, 4) is 16.9 Å². The Morgan fingerprint density at radius 3 is 2.22 bits per heavy atom. The zero-order valence-corrected chi connectivity index (χ0v) is 13.3. The molecule has 0 saturated carbocycles. The minimum absolute atomic E-state index is 0.884. The van der Waals surface area contributed by atoms with Crippen molar-refractivity contribution in [2.24, 2.45) is 0 Å². The number of aryl methyl sites for hydroxylation is 1. The molecule has 0 aliphatic heterocycles. The molecule has 0 radical (unpaired) electrons. The number of fused-ring (bicyclic) bond motifs is 2. The van der Waals surface area contributed by atoms with Crippen LogP contribution in [0.15, 0.2) is 72.8 Å². The van der Waals surface area contributed by atoms with Gasteiger partial charge in [-0.1, -0.05) is 60.2 Å². The van der Waals surface area contributed by atoms with E-state index < -0.39 is 0 Å². The first-order chi connectivity index (χ1) is 11.3. The smallest absolute Gasteiger partial charge is 0.118 e. The Morgan fingerprint density at radius 2 is 1.43 bits per heavy atom. The molecule has 0 heterocycles. The van der Waals surface area contributed by atoms with Gasteiger partial charge in [-0.25, -0.2) is 0 Å². The first-order valence-electron chi connectivity index (χ1n) is 7.83. The maximum atomic E-state index is 5.30. The molecule has 112 valence electrons. The van der Waals surface area contributed by atoms with Crippen LogP contribution in [0.25, 0.3) is 32.7 Å². The minimum atomic E-state index is 0.884. The summed E-state index contributed by atoms with van der Waals surface area (Å²) in [5.41, 5.74) is 3.80. The van der Waals surface area contributed by atoms with E-state index in [0.717, 1.165) is 5.75 Å². The molecule has 0 aliphatic carbocycles. The standard InChI is InChI=1S/C22H18O/c1-15-7-8-18-14-17-5-3-4-6-20(17)22(21(18)13-15)16-9-11-19(23-2)12-10-16/h3-14H,1-2H3. The molecule has 4 aromatic carbocycles. The fourth-order valence-electron chi connectivity index (χ4n) is 3.24. The Labute approximate surface area is 136 Å². The summed E-state index contributed by atoms with van der Waals surface area (Å²) in [6, 6.07) is 25.9. The Morgan fingerprint density at radius 1 is 0.696 bits per heavy atom. The zero-order valence-electron chi connectivity index (χ0n) is 13.3. The van der Waals surface area contributed by atoms with Crippen LogP contribution in [-0.4, -0.2) is 7.11 Å². The fourth-order valence-corrected chi connectivity index (χ4v) is 3.24. The Bertz CT molecular complexity index is 997. The lowest BCUT2D eigenvalue weighted by molar-refractivity contribution is 0.415. The van der Waals surface area contributed by atoms with Crippen LogP contribution in [0.2, 0.25) is 0 Å². The van der Waals surface area contributed by atoms with Gasteiger partial charge in [0, 0.05) is 0 Å². The Balaban J connectivity index is 2.12. The second kappa shape index (κ2) is 5.44. The molecule has 1 nitrogen and oxygen atoms in total. The van der Waals surface area contributed by atoms with Crippen molar-refractivity contribution in [1.82, 2.24) is 0 Å². The highest BCUT2D eigenvalue weighted by atomic mass is 16.5. The topological polar surface area (TPSA) is 9.23 Å². The van der Waals surface area contributed by atoms with Crippen LogP contribution < -0.4 is 4.74 Å². The summed E-state index contributed by atoms with van der Waals surface area (Å²) < 4.78 is 5.30. The van der Waals surface area contributed by atoms with E-state index in [1.54, 1.807) is 7.11 Å². The van der Waals surface area contributed by atoms with Gasteiger partial charge in [0.15, 0.2) is 0 Å². The predicted octanol–water partition coefficient (Wildman–Crippen LogP) is 5.98.